The lowest BCUT2D eigenvalue weighted by Gasteiger charge is -2.07. The summed E-state index contributed by atoms with van der Waals surface area (Å²) < 4.78 is 5.16. The van der Waals surface area contributed by atoms with Crippen molar-refractivity contribution in [3.8, 4) is 5.75 Å². The molecule has 0 heterocycles. The molecule has 2 aromatic rings. The van der Waals surface area contributed by atoms with E-state index < -0.39 is 0 Å². The molecule has 0 atom stereocenters. The molecule has 0 saturated carbocycles. The first-order valence-electron chi connectivity index (χ1n) is 6.69. The highest BCUT2D eigenvalue weighted by molar-refractivity contribution is 6.32. The highest BCUT2D eigenvalue weighted by atomic mass is 35.5. The minimum absolute atomic E-state index is 0.00895. The van der Waals surface area contributed by atoms with Crippen LogP contribution in [0.1, 0.15) is 33.5 Å². The first-order chi connectivity index (χ1) is 9.69. The lowest BCUT2D eigenvalue weighted by atomic mass is 9.99. The number of carbonyl (C=O) groups is 1. The van der Waals surface area contributed by atoms with E-state index in [9.17, 15) is 4.79 Å². The quantitative estimate of drug-likeness (QED) is 0.795. The van der Waals surface area contributed by atoms with Crippen LogP contribution in [0.4, 0.5) is 0 Å². The molecule has 102 valence electrons. The van der Waals surface area contributed by atoms with Crippen LogP contribution in [0.2, 0.25) is 5.02 Å². The van der Waals surface area contributed by atoms with E-state index in [0.717, 1.165) is 18.4 Å². The Bertz CT molecular complexity index is 664. The number of fused-ring (bicyclic) bond motifs is 1. The minimum Gasteiger partial charge on any atom is -0.495 e. The van der Waals surface area contributed by atoms with Gasteiger partial charge in [0, 0.05) is 11.1 Å². The van der Waals surface area contributed by atoms with Crippen LogP contribution in [-0.4, -0.2) is 12.9 Å². The van der Waals surface area contributed by atoms with E-state index in [1.165, 1.54) is 17.5 Å². The second-order valence-corrected chi connectivity index (χ2v) is 5.42. The molecule has 0 N–H and O–H groups in total. The summed E-state index contributed by atoms with van der Waals surface area (Å²) in [5.41, 5.74) is 4.01. The number of ether oxygens (including phenoxy) is 1. The molecule has 0 saturated heterocycles. The number of benzene rings is 2. The van der Waals surface area contributed by atoms with E-state index in [2.05, 4.69) is 6.07 Å². The molecule has 0 aliphatic heterocycles. The highest BCUT2D eigenvalue weighted by Gasteiger charge is 2.16. The van der Waals surface area contributed by atoms with Crippen molar-refractivity contribution in [3.05, 3.63) is 63.7 Å². The molecule has 0 aromatic heterocycles. The first kappa shape index (κ1) is 13.2. The fraction of sp³-hybridized carbons (Fsp3) is 0.235. The summed E-state index contributed by atoms with van der Waals surface area (Å²) in [6.07, 6.45) is 3.38. The summed E-state index contributed by atoms with van der Waals surface area (Å²) >= 11 is 5.99. The lowest BCUT2D eigenvalue weighted by molar-refractivity contribution is 0.103. The van der Waals surface area contributed by atoms with Gasteiger partial charge in [0.1, 0.15) is 5.75 Å². The molecule has 0 fully saturated rings. The van der Waals surface area contributed by atoms with E-state index in [-0.39, 0.29) is 5.78 Å². The summed E-state index contributed by atoms with van der Waals surface area (Å²) in [6.45, 7) is 0. The van der Waals surface area contributed by atoms with Crippen LogP contribution in [0, 0.1) is 0 Å². The van der Waals surface area contributed by atoms with Crippen molar-refractivity contribution < 1.29 is 9.53 Å². The van der Waals surface area contributed by atoms with Gasteiger partial charge in [0.25, 0.3) is 0 Å². The van der Waals surface area contributed by atoms with Crippen molar-refractivity contribution in [2.24, 2.45) is 0 Å². The van der Waals surface area contributed by atoms with Crippen molar-refractivity contribution in [3.63, 3.8) is 0 Å². The summed E-state index contributed by atoms with van der Waals surface area (Å²) in [5, 5.41) is 0.512. The minimum atomic E-state index is 0.00895. The smallest absolute Gasteiger partial charge is 0.193 e. The SMILES string of the molecule is COc1cc(C(=O)c2ccc3c(c2)CCC3)ccc1Cl. The van der Waals surface area contributed by atoms with Crippen LogP contribution >= 0.6 is 11.6 Å². The Labute approximate surface area is 123 Å². The van der Waals surface area contributed by atoms with Crippen LogP contribution in [0.15, 0.2) is 36.4 Å². The third-order valence-electron chi connectivity index (χ3n) is 3.77. The number of methoxy groups -OCH3 is 1. The fourth-order valence-electron chi connectivity index (χ4n) is 2.68. The molecule has 0 spiro atoms. The van der Waals surface area contributed by atoms with Gasteiger partial charge in [0.2, 0.25) is 0 Å². The second-order valence-electron chi connectivity index (χ2n) is 5.02. The number of rotatable bonds is 3. The molecule has 1 aliphatic rings. The largest absolute Gasteiger partial charge is 0.495 e. The molecule has 0 amide bonds. The molecule has 3 rings (SSSR count). The van der Waals surface area contributed by atoms with E-state index in [4.69, 9.17) is 16.3 Å². The fourth-order valence-corrected chi connectivity index (χ4v) is 2.88. The molecule has 1 aliphatic carbocycles. The standard InChI is InChI=1S/C17H15ClO2/c1-20-16-10-14(7-8-15(16)18)17(19)13-6-5-11-3-2-4-12(11)9-13/h5-10H,2-4H2,1H3. The van der Waals surface area contributed by atoms with Gasteiger partial charge >= 0.3 is 0 Å². The van der Waals surface area contributed by atoms with Gasteiger partial charge in [-0.25, -0.2) is 0 Å². The maximum absolute atomic E-state index is 12.5. The maximum Gasteiger partial charge on any atom is 0.193 e. The second kappa shape index (κ2) is 5.29. The van der Waals surface area contributed by atoms with Gasteiger partial charge < -0.3 is 4.74 Å². The predicted octanol–water partition coefficient (Wildman–Crippen LogP) is 4.07. The van der Waals surface area contributed by atoms with E-state index in [1.54, 1.807) is 25.3 Å². The number of hydrogen-bond acceptors (Lipinski definition) is 2. The van der Waals surface area contributed by atoms with Gasteiger partial charge in [-0.05, 0) is 54.7 Å². The van der Waals surface area contributed by atoms with Crippen LogP contribution in [0.25, 0.3) is 0 Å². The summed E-state index contributed by atoms with van der Waals surface area (Å²) in [7, 11) is 1.55. The number of aryl methyl sites for hydroxylation is 2. The van der Waals surface area contributed by atoms with Crippen LogP contribution in [0.3, 0.4) is 0 Å². The van der Waals surface area contributed by atoms with Gasteiger partial charge in [0.15, 0.2) is 5.78 Å². The molecular weight excluding hydrogens is 272 g/mol. The summed E-state index contributed by atoms with van der Waals surface area (Å²) in [5.74, 6) is 0.536. The average Bonchev–Trinajstić information content (AvgIpc) is 2.94. The summed E-state index contributed by atoms with van der Waals surface area (Å²) in [6, 6.07) is 11.1. The predicted molar refractivity (Wildman–Crippen MR) is 79.9 cm³/mol. The van der Waals surface area contributed by atoms with Gasteiger partial charge in [-0.2, -0.15) is 0 Å². The average molecular weight is 287 g/mol. The topological polar surface area (TPSA) is 26.3 Å². The van der Waals surface area contributed by atoms with E-state index in [0.29, 0.717) is 16.3 Å². The zero-order valence-corrected chi connectivity index (χ0v) is 12.0. The maximum atomic E-state index is 12.5. The Morgan fingerprint density at radius 3 is 2.55 bits per heavy atom. The molecule has 2 nitrogen and oxygen atoms in total. The molecular formula is C17H15ClO2. The van der Waals surface area contributed by atoms with Crippen molar-refractivity contribution in [2.75, 3.05) is 7.11 Å². The lowest BCUT2D eigenvalue weighted by Crippen LogP contribution is -2.03. The first-order valence-corrected chi connectivity index (χ1v) is 7.07. The monoisotopic (exact) mass is 286 g/mol. The zero-order valence-electron chi connectivity index (χ0n) is 11.3. The van der Waals surface area contributed by atoms with Crippen LogP contribution in [-0.2, 0) is 12.8 Å². The molecule has 2 aromatic carbocycles. The third kappa shape index (κ3) is 2.32. The van der Waals surface area contributed by atoms with Crippen molar-refractivity contribution in [1.82, 2.24) is 0 Å². The van der Waals surface area contributed by atoms with Crippen molar-refractivity contribution in [2.45, 2.75) is 19.3 Å². The molecule has 0 bridgehead atoms. The highest BCUT2D eigenvalue weighted by Crippen LogP contribution is 2.28. The van der Waals surface area contributed by atoms with Gasteiger partial charge in [-0.3, -0.25) is 4.79 Å². The zero-order chi connectivity index (χ0) is 14.1. The Balaban J connectivity index is 1.96. The number of halogens is 1. The molecule has 0 radical (unpaired) electrons. The van der Waals surface area contributed by atoms with Gasteiger partial charge in [0.05, 0.1) is 12.1 Å². The Kier molecular flexibility index (Phi) is 3.49. The molecule has 20 heavy (non-hydrogen) atoms. The third-order valence-corrected chi connectivity index (χ3v) is 4.09. The number of carbonyl (C=O) groups excluding carboxylic acids is 1. The number of hydrogen-bond donors (Lipinski definition) is 0. The molecule has 3 heteroatoms. The summed E-state index contributed by atoms with van der Waals surface area (Å²) in [4.78, 5) is 12.5. The van der Waals surface area contributed by atoms with Gasteiger partial charge in [-0.15, -0.1) is 0 Å². The van der Waals surface area contributed by atoms with Crippen LogP contribution in [0.5, 0.6) is 5.75 Å². The van der Waals surface area contributed by atoms with E-state index >= 15 is 0 Å². The Hall–Kier alpha value is -1.80. The van der Waals surface area contributed by atoms with Crippen molar-refractivity contribution in [1.29, 1.82) is 0 Å². The van der Waals surface area contributed by atoms with Gasteiger partial charge in [-0.1, -0.05) is 23.7 Å². The van der Waals surface area contributed by atoms with Crippen molar-refractivity contribution >= 4 is 17.4 Å². The van der Waals surface area contributed by atoms with Crippen LogP contribution < -0.4 is 4.74 Å². The Morgan fingerprint density at radius 2 is 1.75 bits per heavy atom. The number of ketones is 1. The normalized spacial score (nSPS) is 13.1. The Morgan fingerprint density at radius 1 is 1.05 bits per heavy atom. The van der Waals surface area contributed by atoms with E-state index in [1.807, 2.05) is 12.1 Å². The molecule has 0 unspecified atom stereocenters.